The predicted molar refractivity (Wildman–Crippen MR) is 71.7 cm³/mol. The Labute approximate surface area is 113 Å². The Bertz CT molecular complexity index is 434. The number of hydrogen-bond acceptors (Lipinski definition) is 2. The van der Waals surface area contributed by atoms with Gasteiger partial charge in [-0.3, -0.25) is 4.79 Å². The molecule has 1 aromatic carbocycles. The van der Waals surface area contributed by atoms with Crippen LogP contribution in [0.2, 0.25) is 0 Å². The van der Waals surface area contributed by atoms with Gasteiger partial charge in [0.1, 0.15) is 5.78 Å². The van der Waals surface area contributed by atoms with Gasteiger partial charge in [0, 0.05) is 0 Å². The first-order valence-electron chi connectivity index (χ1n) is 6.60. The van der Waals surface area contributed by atoms with Crippen LogP contribution in [0.1, 0.15) is 38.7 Å². The number of rotatable bonds is 7. The summed E-state index contributed by atoms with van der Waals surface area (Å²) in [6.07, 6.45) is 2.74. The summed E-state index contributed by atoms with van der Waals surface area (Å²) in [7, 11) is 0. The second-order valence-electron chi connectivity index (χ2n) is 5.16. The van der Waals surface area contributed by atoms with E-state index in [4.69, 9.17) is 5.73 Å². The Kier molecular flexibility index (Phi) is 6.09. The molecule has 19 heavy (non-hydrogen) atoms. The molecule has 0 unspecified atom stereocenters. The maximum absolute atomic E-state index is 13.4. The summed E-state index contributed by atoms with van der Waals surface area (Å²) in [5.74, 6) is -1.27. The highest BCUT2D eigenvalue weighted by Crippen LogP contribution is 2.18. The zero-order valence-electron chi connectivity index (χ0n) is 11.5. The summed E-state index contributed by atoms with van der Waals surface area (Å²) in [5, 5.41) is 0. The normalized spacial score (nSPS) is 14.2. The minimum absolute atomic E-state index is 0.0111. The molecule has 0 radical (unpaired) electrons. The average Bonchev–Trinajstić information content (AvgIpc) is 2.34. The molecule has 2 nitrogen and oxygen atoms in total. The number of aryl methyl sites for hydroxylation is 1. The van der Waals surface area contributed by atoms with Crippen LogP contribution < -0.4 is 5.73 Å². The van der Waals surface area contributed by atoms with E-state index in [9.17, 15) is 13.6 Å². The molecule has 0 amide bonds. The fourth-order valence-electron chi connectivity index (χ4n) is 2.10. The van der Waals surface area contributed by atoms with Crippen molar-refractivity contribution in [2.45, 2.75) is 45.6 Å². The number of hydrogen-bond donors (Lipinski definition) is 1. The monoisotopic (exact) mass is 269 g/mol. The minimum atomic E-state index is -0.802. The predicted octanol–water partition coefficient (Wildman–Crippen LogP) is 3.23. The lowest BCUT2D eigenvalue weighted by Gasteiger charge is -2.15. The summed E-state index contributed by atoms with van der Waals surface area (Å²) >= 11 is 0. The van der Waals surface area contributed by atoms with Gasteiger partial charge in [-0.25, -0.2) is 8.78 Å². The maximum atomic E-state index is 13.4. The van der Waals surface area contributed by atoms with E-state index < -0.39 is 17.7 Å². The van der Waals surface area contributed by atoms with Crippen molar-refractivity contribution >= 4 is 5.78 Å². The summed E-state index contributed by atoms with van der Waals surface area (Å²) < 4.78 is 26.4. The van der Waals surface area contributed by atoms with Crippen LogP contribution in [-0.4, -0.2) is 11.8 Å². The van der Waals surface area contributed by atoms with Gasteiger partial charge in [-0.15, -0.1) is 0 Å². The molecule has 0 aliphatic rings. The summed E-state index contributed by atoms with van der Waals surface area (Å²) in [6, 6.07) is 3.82. The third-order valence-electron chi connectivity index (χ3n) is 3.35. The second kappa shape index (κ2) is 7.34. The smallest absolute Gasteiger partial charge is 0.162 e. The highest BCUT2D eigenvalue weighted by Gasteiger charge is 2.13. The van der Waals surface area contributed by atoms with Gasteiger partial charge in [0.2, 0.25) is 0 Å². The van der Waals surface area contributed by atoms with Crippen molar-refractivity contribution in [2.24, 2.45) is 11.7 Å². The molecular formula is C15H21F2NO. The van der Waals surface area contributed by atoms with E-state index in [1.54, 1.807) is 6.07 Å². The summed E-state index contributed by atoms with van der Waals surface area (Å²) in [5.41, 5.74) is 6.09. The molecule has 106 valence electrons. The molecule has 1 aromatic rings. The lowest BCUT2D eigenvalue weighted by Crippen LogP contribution is -2.30. The highest BCUT2D eigenvalue weighted by molar-refractivity contribution is 5.81. The van der Waals surface area contributed by atoms with Crippen LogP contribution in [0.4, 0.5) is 8.78 Å². The molecule has 0 saturated carbocycles. The molecule has 2 N–H and O–H groups in total. The first kappa shape index (κ1) is 15.8. The molecule has 0 aliphatic carbocycles. The van der Waals surface area contributed by atoms with Crippen LogP contribution in [0.25, 0.3) is 0 Å². The number of nitrogens with two attached hydrogens (primary N) is 1. The van der Waals surface area contributed by atoms with Gasteiger partial charge in [-0.1, -0.05) is 25.5 Å². The van der Waals surface area contributed by atoms with Crippen molar-refractivity contribution in [1.82, 2.24) is 0 Å². The van der Waals surface area contributed by atoms with Gasteiger partial charge < -0.3 is 5.73 Å². The molecule has 0 heterocycles. The van der Waals surface area contributed by atoms with Crippen molar-refractivity contribution in [3.8, 4) is 0 Å². The fraction of sp³-hybridized carbons (Fsp3) is 0.533. The molecule has 4 heteroatoms. The quantitative estimate of drug-likeness (QED) is 0.825. The van der Waals surface area contributed by atoms with Crippen molar-refractivity contribution < 1.29 is 13.6 Å². The Hall–Kier alpha value is -1.29. The van der Waals surface area contributed by atoms with Gasteiger partial charge >= 0.3 is 0 Å². The molecule has 0 bridgehead atoms. The molecule has 2 atom stereocenters. The number of ketones is 1. The van der Waals surface area contributed by atoms with E-state index in [1.807, 2.05) is 6.92 Å². The van der Waals surface area contributed by atoms with Crippen LogP contribution in [0.5, 0.6) is 0 Å². The van der Waals surface area contributed by atoms with Gasteiger partial charge in [0.25, 0.3) is 0 Å². The van der Waals surface area contributed by atoms with Crippen molar-refractivity contribution in [3.63, 3.8) is 0 Å². The third-order valence-corrected chi connectivity index (χ3v) is 3.35. The fourth-order valence-corrected chi connectivity index (χ4v) is 2.10. The highest BCUT2D eigenvalue weighted by atomic mass is 19.2. The zero-order valence-corrected chi connectivity index (χ0v) is 11.5. The summed E-state index contributed by atoms with van der Waals surface area (Å²) in [4.78, 5) is 11.0. The second-order valence-corrected chi connectivity index (χ2v) is 5.16. The lowest BCUT2D eigenvalue weighted by molar-refractivity contribution is -0.118. The third kappa shape index (κ3) is 5.07. The van der Waals surface area contributed by atoms with Gasteiger partial charge in [-0.05, 0) is 43.7 Å². The SMILES string of the molecule is CC(=O)[C@@H](N)C[C@H](C)CCCc1cccc(F)c1F. The number of halogens is 2. The first-order valence-corrected chi connectivity index (χ1v) is 6.60. The van der Waals surface area contributed by atoms with Gasteiger partial charge in [0.15, 0.2) is 11.6 Å². The number of benzene rings is 1. The largest absolute Gasteiger partial charge is 0.322 e. The van der Waals surface area contributed by atoms with Crippen LogP contribution in [0.15, 0.2) is 18.2 Å². The van der Waals surface area contributed by atoms with Crippen molar-refractivity contribution in [2.75, 3.05) is 0 Å². The number of carbonyl (C=O) groups is 1. The van der Waals surface area contributed by atoms with E-state index >= 15 is 0 Å². The Morgan fingerprint density at radius 2 is 2.05 bits per heavy atom. The number of Topliss-reactive ketones (excluding diaryl/α,β-unsaturated/α-hetero) is 1. The Morgan fingerprint density at radius 1 is 1.37 bits per heavy atom. The zero-order chi connectivity index (χ0) is 14.4. The molecule has 1 rings (SSSR count). The molecule has 0 aliphatic heterocycles. The van der Waals surface area contributed by atoms with Crippen molar-refractivity contribution in [3.05, 3.63) is 35.4 Å². The first-order chi connectivity index (χ1) is 8.91. The van der Waals surface area contributed by atoms with Crippen LogP contribution in [0, 0.1) is 17.6 Å². The van der Waals surface area contributed by atoms with E-state index in [0.717, 1.165) is 18.9 Å². The van der Waals surface area contributed by atoms with E-state index in [-0.39, 0.29) is 5.78 Å². The summed E-state index contributed by atoms with van der Waals surface area (Å²) in [6.45, 7) is 3.50. The maximum Gasteiger partial charge on any atom is 0.162 e. The van der Waals surface area contributed by atoms with Gasteiger partial charge in [-0.2, -0.15) is 0 Å². The van der Waals surface area contributed by atoms with Crippen LogP contribution in [-0.2, 0) is 11.2 Å². The van der Waals surface area contributed by atoms with Crippen molar-refractivity contribution in [1.29, 1.82) is 0 Å². The Morgan fingerprint density at radius 3 is 2.68 bits per heavy atom. The minimum Gasteiger partial charge on any atom is -0.322 e. The average molecular weight is 269 g/mol. The molecule has 0 saturated heterocycles. The molecule has 0 spiro atoms. The van der Waals surface area contributed by atoms with Gasteiger partial charge in [0.05, 0.1) is 6.04 Å². The van der Waals surface area contributed by atoms with E-state index in [2.05, 4.69) is 0 Å². The van der Waals surface area contributed by atoms with Crippen LogP contribution in [0.3, 0.4) is 0 Å². The standard InChI is InChI=1S/C15H21F2NO/c1-10(9-14(18)11(2)19)5-3-6-12-7-4-8-13(16)15(12)17/h4,7-8,10,14H,3,5-6,9,18H2,1-2H3/t10-,14+/m1/s1. The molecular weight excluding hydrogens is 248 g/mol. The van der Waals surface area contributed by atoms with E-state index in [0.29, 0.717) is 24.3 Å². The number of carbonyl (C=O) groups excluding carboxylic acids is 1. The van der Waals surface area contributed by atoms with E-state index in [1.165, 1.54) is 13.0 Å². The topological polar surface area (TPSA) is 43.1 Å². The lowest BCUT2D eigenvalue weighted by atomic mass is 9.94. The van der Waals surface area contributed by atoms with Crippen LogP contribution >= 0.6 is 0 Å². The Balaban J connectivity index is 2.38. The molecule has 0 aromatic heterocycles. The molecule has 0 fully saturated rings.